The number of rotatable bonds is 4. The van der Waals surface area contributed by atoms with Gasteiger partial charge in [-0.25, -0.2) is 0 Å². The van der Waals surface area contributed by atoms with Crippen molar-refractivity contribution >= 4 is 16.9 Å². The van der Waals surface area contributed by atoms with E-state index in [2.05, 4.69) is 23.9 Å². The number of hydrogen-bond acceptors (Lipinski definition) is 12. The van der Waals surface area contributed by atoms with Crippen LogP contribution in [0.5, 0.6) is 0 Å². The van der Waals surface area contributed by atoms with Crippen LogP contribution in [0.3, 0.4) is 0 Å². The SMILES string of the molecule is CC[C@H]1OC(=O)C(C)C(O)[C@H](C)[C@@H](O[C@@H]2O[C@H](C)C[C@H](N(C)C)[C@H]2O)[C@@]2(C)C[C@@H](C)CN(C#Cc3cnc4ccccc4c3)[C@H](C)[C@H](OC/C=C\CO2)[C@]1(C)O. The molecule has 12 heteroatoms. The van der Waals surface area contributed by atoms with E-state index < -0.39 is 71.9 Å². The number of para-hydroxylation sites is 1. The molecule has 1 aromatic carbocycles. The van der Waals surface area contributed by atoms with Crippen molar-refractivity contribution in [3.63, 3.8) is 0 Å². The lowest BCUT2D eigenvalue weighted by Gasteiger charge is -2.48. The predicted molar refractivity (Wildman–Crippen MR) is 214 cm³/mol. The fourth-order valence-electron chi connectivity index (χ4n) is 8.88. The fraction of sp³-hybridized carbons (Fsp3) is 0.682. The first-order valence-electron chi connectivity index (χ1n) is 20.3. The van der Waals surface area contributed by atoms with Gasteiger partial charge in [-0.1, -0.05) is 51.1 Å². The standard InChI is InChI=1S/C44H65N3O9/c1-11-36-44(8,51)40-31(6)47(19-18-32-23-33-16-12-13-17-34(33)45-25-32)26-27(2)24-43(7,53-21-15-14-20-52-40)39(29(4)37(48)30(5)41(50)55-36)56-42-38(49)35(46(9)10)22-28(3)54-42/h12-17,23,25,27-31,35-40,42,48-49,51H,11,20-22,24,26H2,1-10H3/b15-14-/t27-,28-,29+,30?,31-,35+,36-,37?,38-,39-,40+,42+,43-,44-/m1/s1. The highest BCUT2D eigenvalue weighted by molar-refractivity contribution is 5.79. The number of cyclic esters (lactones) is 1. The summed E-state index contributed by atoms with van der Waals surface area (Å²) in [6, 6.07) is 12.6. The Morgan fingerprint density at radius 3 is 2.48 bits per heavy atom. The molecule has 12 nitrogen and oxygen atoms in total. The average Bonchev–Trinajstić information content (AvgIpc) is 3.16. The first-order valence-corrected chi connectivity index (χ1v) is 20.3. The van der Waals surface area contributed by atoms with E-state index in [1.165, 1.54) is 0 Å². The summed E-state index contributed by atoms with van der Waals surface area (Å²) in [4.78, 5) is 22.5. The third-order valence-electron chi connectivity index (χ3n) is 12.1. The molecule has 2 fully saturated rings. The van der Waals surface area contributed by atoms with Crippen molar-refractivity contribution in [1.82, 2.24) is 14.8 Å². The minimum atomic E-state index is -1.66. The maximum Gasteiger partial charge on any atom is 0.311 e. The maximum absolute atomic E-state index is 14.0. The Balaban J connectivity index is 1.64. The highest BCUT2D eigenvalue weighted by atomic mass is 16.7. The molecule has 0 spiro atoms. The Morgan fingerprint density at radius 2 is 1.77 bits per heavy atom. The van der Waals surface area contributed by atoms with Gasteiger partial charge in [-0.15, -0.1) is 0 Å². The second-order valence-corrected chi connectivity index (χ2v) is 17.0. The van der Waals surface area contributed by atoms with Crippen LogP contribution >= 0.6 is 0 Å². The number of aliphatic hydroxyl groups is 3. The van der Waals surface area contributed by atoms with Gasteiger partial charge in [-0.05, 0) is 91.9 Å². The fourth-order valence-corrected chi connectivity index (χ4v) is 8.88. The molecule has 0 aliphatic carbocycles. The Labute approximate surface area is 333 Å². The van der Waals surface area contributed by atoms with E-state index in [1.807, 2.05) is 101 Å². The van der Waals surface area contributed by atoms with Crippen molar-refractivity contribution in [1.29, 1.82) is 0 Å². The summed E-state index contributed by atoms with van der Waals surface area (Å²) in [5.41, 5.74) is -1.12. The maximum atomic E-state index is 14.0. The zero-order chi connectivity index (χ0) is 40.9. The lowest BCUT2D eigenvalue weighted by Crippen LogP contribution is -2.60. The Morgan fingerprint density at radius 1 is 1.05 bits per heavy atom. The summed E-state index contributed by atoms with van der Waals surface area (Å²) in [7, 11) is 3.84. The van der Waals surface area contributed by atoms with Crippen LogP contribution < -0.4 is 0 Å². The van der Waals surface area contributed by atoms with Gasteiger partial charge in [0.25, 0.3) is 0 Å². The van der Waals surface area contributed by atoms with Crippen LogP contribution in [0.4, 0.5) is 0 Å². The summed E-state index contributed by atoms with van der Waals surface area (Å²) in [6.45, 7) is 15.7. The Kier molecular flexibility index (Phi) is 14.6. The molecule has 3 aliphatic heterocycles. The number of hydrogen-bond donors (Lipinski definition) is 3. The number of likely N-dealkylation sites (N-methyl/N-ethyl adjacent to an activating group) is 1. The number of nitrogens with zero attached hydrogens (tertiary/aromatic N) is 3. The normalized spacial score (nSPS) is 39.9. The topological polar surface area (TPSA) is 143 Å². The van der Waals surface area contributed by atoms with E-state index in [9.17, 15) is 20.1 Å². The monoisotopic (exact) mass is 779 g/mol. The molecule has 56 heavy (non-hydrogen) atoms. The van der Waals surface area contributed by atoms with Crippen LogP contribution in [0.25, 0.3) is 10.9 Å². The molecule has 0 radical (unpaired) electrons. The molecular weight excluding hydrogens is 714 g/mol. The quantitative estimate of drug-likeness (QED) is 0.228. The van der Waals surface area contributed by atoms with Crippen molar-refractivity contribution in [3.8, 4) is 12.0 Å². The van der Waals surface area contributed by atoms with Crippen molar-refractivity contribution in [2.75, 3.05) is 33.9 Å². The van der Waals surface area contributed by atoms with Crippen LogP contribution in [0.15, 0.2) is 48.7 Å². The number of fused-ring (bicyclic) bond motifs is 7. The smallest absolute Gasteiger partial charge is 0.311 e. The van der Waals surface area contributed by atoms with Gasteiger partial charge < -0.3 is 48.8 Å². The van der Waals surface area contributed by atoms with Crippen molar-refractivity contribution < 1.29 is 43.8 Å². The first-order chi connectivity index (χ1) is 26.5. The molecule has 5 rings (SSSR count). The summed E-state index contributed by atoms with van der Waals surface area (Å²) < 4.78 is 32.5. The van der Waals surface area contributed by atoms with Gasteiger partial charge >= 0.3 is 5.97 Å². The van der Waals surface area contributed by atoms with Crippen LogP contribution in [-0.2, 0) is 28.5 Å². The summed E-state index contributed by atoms with van der Waals surface area (Å²) in [5, 5.41) is 37.0. The lowest BCUT2D eigenvalue weighted by atomic mass is 9.77. The molecule has 3 N–H and O–H groups in total. The van der Waals surface area contributed by atoms with E-state index in [0.29, 0.717) is 25.8 Å². The van der Waals surface area contributed by atoms with Crippen LogP contribution in [0.1, 0.15) is 80.2 Å². The van der Waals surface area contributed by atoms with E-state index in [4.69, 9.17) is 23.7 Å². The molecule has 3 aliphatic rings. The molecule has 0 amide bonds. The molecule has 2 aromatic rings. The highest BCUT2D eigenvalue weighted by Crippen LogP contribution is 2.39. The van der Waals surface area contributed by atoms with E-state index in [0.717, 1.165) is 16.5 Å². The minimum Gasteiger partial charge on any atom is -0.459 e. The molecule has 310 valence electrons. The zero-order valence-electron chi connectivity index (χ0n) is 34.9. The van der Waals surface area contributed by atoms with Crippen molar-refractivity contribution in [2.45, 2.75) is 141 Å². The number of aromatic nitrogens is 1. The van der Waals surface area contributed by atoms with Gasteiger partial charge in [0.05, 0.1) is 54.6 Å². The second kappa shape index (κ2) is 18.6. The van der Waals surface area contributed by atoms with Crippen LogP contribution in [0, 0.1) is 29.7 Å². The van der Waals surface area contributed by atoms with Gasteiger partial charge in [0.1, 0.15) is 23.9 Å². The number of benzene rings is 1. The van der Waals surface area contributed by atoms with Crippen molar-refractivity contribution in [3.05, 3.63) is 54.2 Å². The number of ether oxygens (including phenoxy) is 5. The van der Waals surface area contributed by atoms with E-state index in [-0.39, 0.29) is 31.3 Å². The molecule has 2 unspecified atom stereocenters. The summed E-state index contributed by atoms with van der Waals surface area (Å²) in [5.74, 6) is 0.880. The van der Waals surface area contributed by atoms with E-state index >= 15 is 0 Å². The van der Waals surface area contributed by atoms with Gasteiger partial charge in [0, 0.05) is 41.7 Å². The molecule has 1 aromatic heterocycles. The summed E-state index contributed by atoms with van der Waals surface area (Å²) >= 11 is 0. The predicted octanol–water partition coefficient (Wildman–Crippen LogP) is 4.52. The number of esters is 1. The van der Waals surface area contributed by atoms with E-state index in [1.54, 1.807) is 20.0 Å². The molecule has 0 saturated carbocycles. The third kappa shape index (κ3) is 9.93. The summed E-state index contributed by atoms with van der Waals surface area (Å²) in [6.07, 6.45) is 0.682. The lowest BCUT2D eigenvalue weighted by molar-refractivity contribution is -0.303. The van der Waals surface area contributed by atoms with Gasteiger partial charge in [0.15, 0.2) is 6.29 Å². The molecule has 2 bridgehead atoms. The molecular formula is C44H65N3O9. The van der Waals surface area contributed by atoms with Gasteiger partial charge in [-0.2, -0.15) is 0 Å². The zero-order valence-corrected chi connectivity index (χ0v) is 34.9. The average molecular weight is 780 g/mol. The minimum absolute atomic E-state index is 0.0923. The second-order valence-electron chi connectivity index (χ2n) is 17.0. The molecule has 4 heterocycles. The number of aliphatic hydroxyl groups excluding tert-OH is 2. The number of carbonyl (C=O) groups excluding carboxylic acids is 1. The third-order valence-corrected chi connectivity index (χ3v) is 12.1. The van der Waals surface area contributed by atoms with Crippen molar-refractivity contribution in [2.24, 2.45) is 17.8 Å². The first kappa shape index (κ1) is 44.0. The molecule has 14 atom stereocenters. The number of carbonyl (C=O) groups is 1. The number of pyridine rings is 1. The molecule has 2 saturated heterocycles. The Hall–Kier alpha value is -3.12. The largest absolute Gasteiger partial charge is 0.459 e. The van der Waals surface area contributed by atoms with Crippen LogP contribution in [-0.4, -0.2) is 136 Å². The Bertz CT molecular complexity index is 1710. The highest BCUT2D eigenvalue weighted by Gasteiger charge is 2.51. The van der Waals surface area contributed by atoms with Crippen LogP contribution in [0.2, 0.25) is 0 Å². The van der Waals surface area contributed by atoms with Gasteiger partial charge in [-0.3, -0.25) is 9.78 Å². The van der Waals surface area contributed by atoms with Gasteiger partial charge in [0.2, 0.25) is 0 Å².